The molecule has 2 heterocycles. The molecule has 0 aromatic carbocycles. The monoisotopic (exact) mass is 239 g/mol. The van der Waals surface area contributed by atoms with E-state index in [1.165, 1.54) is 58.8 Å². The van der Waals surface area contributed by atoms with Gasteiger partial charge in [0.15, 0.2) is 0 Å². The minimum Gasteiger partial charge on any atom is -0.303 e. The number of nitrogens with zero attached hydrogens (tertiary/aromatic N) is 3. The number of hydrogen-bond acceptors (Lipinski definition) is 3. The predicted molar refractivity (Wildman–Crippen MR) is 73.4 cm³/mol. The summed E-state index contributed by atoms with van der Waals surface area (Å²) < 4.78 is 0. The van der Waals surface area contributed by atoms with E-state index in [2.05, 4.69) is 35.5 Å². The average molecular weight is 239 g/mol. The molecule has 17 heavy (non-hydrogen) atoms. The number of likely N-dealkylation sites (tertiary alicyclic amines) is 1. The second kappa shape index (κ2) is 6.17. The molecule has 0 saturated carbocycles. The highest BCUT2D eigenvalue weighted by Gasteiger charge is 2.25. The standard InChI is InChI=1S/C14H29N3/c1-4-15-6-5-14(11-15)12-16-7-9-17(10-8-16)13(2)3/h13-14H,4-12H2,1-3H3/t14-/m1/s1. The van der Waals surface area contributed by atoms with E-state index < -0.39 is 0 Å². The molecule has 0 amide bonds. The lowest BCUT2D eigenvalue weighted by molar-refractivity contribution is 0.0974. The summed E-state index contributed by atoms with van der Waals surface area (Å²) in [6, 6.07) is 0.721. The van der Waals surface area contributed by atoms with Crippen LogP contribution in [0.2, 0.25) is 0 Å². The number of piperazine rings is 1. The summed E-state index contributed by atoms with van der Waals surface area (Å²) in [4.78, 5) is 7.88. The van der Waals surface area contributed by atoms with Crippen LogP contribution in [-0.4, -0.2) is 73.1 Å². The minimum atomic E-state index is 0.721. The molecular weight excluding hydrogens is 210 g/mol. The molecule has 2 fully saturated rings. The second-order valence-corrected chi connectivity index (χ2v) is 5.98. The van der Waals surface area contributed by atoms with E-state index in [1.54, 1.807) is 0 Å². The van der Waals surface area contributed by atoms with E-state index >= 15 is 0 Å². The summed E-state index contributed by atoms with van der Waals surface area (Å²) in [5.41, 5.74) is 0. The lowest BCUT2D eigenvalue weighted by atomic mass is 10.1. The Morgan fingerprint density at radius 3 is 2.24 bits per heavy atom. The largest absolute Gasteiger partial charge is 0.303 e. The van der Waals surface area contributed by atoms with Crippen LogP contribution in [0.3, 0.4) is 0 Å². The van der Waals surface area contributed by atoms with E-state index in [0.717, 1.165) is 12.0 Å². The van der Waals surface area contributed by atoms with Gasteiger partial charge in [0, 0.05) is 45.3 Å². The third-order valence-electron chi connectivity index (χ3n) is 4.47. The fourth-order valence-electron chi connectivity index (χ4n) is 3.18. The van der Waals surface area contributed by atoms with Gasteiger partial charge in [0.05, 0.1) is 0 Å². The van der Waals surface area contributed by atoms with Gasteiger partial charge < -0.3 is 9.80 Å². The van der Waals surface area contributed by atoms with Gasteiger partial charge in [0.1, 0.15) is 0 Å². The maximum absolute atomic E-state index is 2.68. The van der Waals surface area contributed by atoms with E-state index in [4.69, 9.17) is 0 Å². The lowest BCUT2D eigenvalue weighted by Gasteiger charge is -2.37. The Balaban J connectivity index is 1.68. The molecule has 2 aliphatic heterocycles. The molecule has 0 spiro atoms. The Morgan fingerprint density at radius 2 is 1.71 bits per heavy atom. The Labute approximate surface area is 107 Å². The van der Waals surface area contributed by atoms with Crippen LogP contribution in [0.15, 0.2) is 0 Å². The fourth-order valence-corrected chi connectivity index (χ4v) is 3.18. The summed E-state index contributed by atoms with van der Waals surface area (Å²) in [5.74, 6) is 0.931. The molecule has 2 saturated heterocycles. The maximum Gasteiger partial charge on any atom is 0.0113 e. The first-order valence-corrected chi connectivity index (χ1v) is 7.37. The topological polar surface area (TPSA) is 9.72 Å². The van der Waals surface area contributed by atoms with Crippen molar-refractivity contribution in [1.29, 1.82) is 0 Å². The molecule has 2 aliphatic rings. The molecule has 0 radical (unpaired) electrons. The van der Waals surface area contributed by atoms with Gasteiger partial charge >= 0.3 is 0 Å². The van der Waals surface area contributed by atoms with Crippen LogP contribution >= 0.6 is 0 Å². The summed E-state index contributed by atoms with van der Waals surface area (Å²) in [6.45, 7) is 17.2. The van der Waals surface area contributed by atoms with Crippen molar-refractivity contribution in [2.45, 2.75) is 33.2 Å². The van der Waals surface area contributed by atoms with Gasteiger partial charge in [-0.1, -0.05) is 6.92 Å². The van der Waals surface area contributed by atoms with Crippen LogP contribution in [0.4, 0.5) is 0 Å². The average Bonchev–Trinajstić information content (AvgIpc) is 2.77. The first kappa shape index (κ1) is 13.3. The van der Waals surface area contributed by atoms with Crippen LogP contribution in [-0.2, 0) is 0 Å². The Kier molecular flexibility index (Phi) is 4.83. The zero-order valence-electron chi connectivity index (χ0n) is 11.9. The molecule has 0 aromatic heterocycles. The molecule has 0 aliphatic carbocycles. The van der Waals surface area contributed by atoms with E-state index in [-0.39, 0.29) is 0 Å². The molecule has 3 nitrogen and oxygen atoms in total. The van der Waals surface area contributed by atoms with Gasteiger partial charge in [-0.3, -0.25) is 4.90 Å². The summed E-state index contributed by atoms with van der Waals surface area (Å²) in [7, 11) is 0. The van der Waals surface area contributed by atoms with Crippen molar-refractivity contribution in [2.75, 3.05) is 52.4 Å². The van der Waals surface area contributed by atoms with E-state index in [0.29, 0.717) is 0 Å². The highest BCUT2D eigenvalue weighted by molar-refractivity contribution is 4.81. The Hall–Kier alpha value is -0.120. The summed E-state index contributed by atoms with van der Waals surface area (Å²) in [5, 5.41) is 0. The third-order valence-corrected chi connectivity index (χ3v) is 4.47. The second-order valence-electron chi connectivity index (χ2n) is 5.98. The van der Waals surface area contributed by atoms with Crippen molar-refractivity contribution >= 4 is 0 Å². The molecule has 1 atom stereocenters. The maximum atomic E-state index is 2.68. The van der Waals surface area contributed by atoms with Gasteiger partial charge in [0.2, 0.25) is 0 Å². The zero-order valence-corrected chi connectivity index (χ0v) is 11.9. The smallest absolute Gasteiger partial charge is 0.0113 e. The fraction of sp³-hybridized carbons (Fsp3) is 1.00. The van der Waals surface area contributed by atoms with Gasteiger partial charge in [-0.05, 0) is 39.3 Å². The van der Waals surface area contributed by atoms with Gasteiger partial charge in [0.25, 0.3) is 0 Å². The van der Waals surface area contributed by atoms with Gasteiger partial charge in [-0.15, -0.1) is 0 Å². The van der Waals surface area contributed by atoms with Crippen molar-refractivity contribution in [3.05, 3.63) is 0 Å². The number of hydrogen-bond donors (Lipinski definition) is 0. The first-order chi connectivity index (χ1) is 8.19. The van der Waals surface area contributed by atoms with Crippen LogP contribution in [0.25, 0.3) is 0 Å². The van der Waals surface area contributed by atoms with Crippen molar-refractivity contribution in [3.63, 3.8) is 0 Å². The summed E-state index contributed by atoms with van der Waals surface area (Å²) in [6.07, 6.45) is 1.41. The Morgan fingerprint density at radius 1 is 1.00 bits per heavy atom. The third kappa shape index (κ3) is 3.67. The number of rotatable bonds is 4. The normalized spacial score (nSPS) is 29.3. The molecular formula is C14H29N3. The van der Waals surface area contributed by atoms with Gasteiger partial charge in [-0.25, -0.2) is 0 Å². The van der Waals surface area contributed by atoms with Crippen LogP contribution < -0.4 is 0 Å². The summed E-state index contributed by atoms with van der Waals surface area (Å²) >= 11 is 0. The van der Waals surface area contributed by atoms with Crippen LogP contribution in [0.5, 0.6) is 0 Å². The van der Waals surface area contributed by atoms with Crippen LogP contribution in [0, 0.1) is 5.92 Å². The molecule has 0 aromatic rings. The van der Waals surface area contributed by atoms with Crippen molar-refractivity contribution in [2.24, 2.45) is 5.92 Å². The lowest BCUT2D eigenvalue weighted by Crippen LogP contribution is -2.50. The molecule has 100 valence electrons. The molecule has 0 bridgehead atoms. The molecule has 0 unspecified atom stereocenters. The minimum absolute atomic E-state index is 0.721. The van der Waals surface area contributed by atoms with Crippen molar-refractivity contribution < 1.29 is 0 Å². The predicted octanol–water partition coefficient (Wildman–Crippen LogP) is 1.35. The first-order valence-electron chi connectivity index (χ1n) is 7.37. The highest BCUT2D eigenvalue weighted by atomic mass is 15.3. The highest BCUT2D eigenvalue weighted by Crippen LogP contribution is 2.18. The molecule has 2 rings (SSSR count). The van der Waals surface area contributed by atoms with E-state index in [9.17, 15) is 0 Å². The van der Waals surface area contributed by atoms with Crippen molar-refractivity contribution in [3.8, 4) is 0 Å². The van der Waals surface area contributed by atoms with Crippen LogP contribution in [0.1, 0.15) is 27.2 Å². The zero-order chi connectivity index (χ0) is 12.3. The van der Waals surface area contributed by atoms with E-state index in [1.807, 2.05) is 0 Å². The Bertz CT molecular complexity index is 222. The molecule has 3 heteroatoms. The SMILES string of the molecule is CCN1CC[C@@H](CN2CCN(C(C)C)CC2)C1. The molecule has 0 N–H and O–H groups in total. The van der Waals surface area contributed by atoms with Crippen molar-refractivity contribution in [1.82, 2.24) is 14.7 Å². The quantitative estimate of drug-likeness (QED) is 0.733. The van der Waals surface area contributed by atoms with Gasteiger partial charge in [-0.2, -0.15) is 0 Å².